The molecule has 0 bridgehead atoms. The summed E-state index contributed by atoms with van der Waals surface area (Å²) >= 11 is 0. The number of fused-ring (bicyclic) bond motifs is 1. The third-order valence-corrected chi connectivity index (χ3v) is 5.44. The summed E-state index contributed by atoms with van der Waals surface area (Å²) in [6.45, 7) is 1.85. The van der Waals surface area contributed by atoms with Crippen molar-refractivity contribution >= 4 is 23.8 Å². The number of urea groups is 1. The number of rotatable bonds is 6. The summed E-state index contributed by atoms with van der Waals surface area (Å²) in [5.41, 5.74) is -0.813. The van der Waals surface area contributed by atoms with Crippen LogP contribution in [0.15, 0.2) is 18.2 Å². The number of carbonyl (C=O) groups excluding carboxylic acids is 4. The molecule has 10 heteroatoms. The van der Waals surface area contributed by atoms with E-state index in [4.69, 9.17) is 9.47 Å². The molecule has 2 heterocycles. The Morgan fingerprint density at radius 2 is 1.93 bits per heavy atom. The van der Waals surface area contributed by atoms with E-state index in [1.807, 2.05) is 0 Å². The highest BCUT2D eigenvalue weighted by molar-refractivity contribution is 6.09. The normalized spacial score (nSPS) is 22.5. The molecule has 0 spiro atoms. The Bertz CT molecular complexity index is 915. The van der Waals surface area contributed by atoms with E-state index in [1.54, 1.807) is 25.1 Å². The zero-order chi connectivity index (χ0) is 21.5. The number of carbonyl (C=O) groups is 4. The van der Waals surface area contributed by atoms with Crippen molar-refractivity contribution in [3.63, 3.8) is 0 Å². The van der Waals surface area contributed by atoms with Gasteiger partial charge < -0.3 is 25.0 Å². The highest BCUT2D eigenvalue weighted by atomic mass is 16.6. The van der Waals surface area contributed by atoms with Gasteiger partial charge in [-0.05, 0) is 37.5 Å². The van der Waals surface area contributed by atoms with E-state index < -0.39 is 29.9 Å². The van der Waals surface area contributed by atoms with Crippen LogP contribution in [0.5, 0.6) is 11.5 Å². The molecule has 3 aliphatic rings. The van der Waals surface area contributed by atoms with Gasteiger partial charge in [0, 0.05) is 13.1 Å². The van der Waals surface area contributed by atoms with Gasteiger partial charge in [-0.1, -0.05) is 6.07 Å². The van der Waals surface area contributed by atoms with Crippen molar-refractivity contribution < 1.29 is 28.7 Å². The Hall–Kier alpha value is -3.30. The summed E-state index contributed by atoms with van der Waals surface area (Å²) in [6, 6.07) is 4.56. The molecule has 1 aromatic carbocycles. The first kappa shape index (κ1) is 20.0. The molecule has 0 unspecified atom stereocenters. The van der Waals surface area contributed by atoms with Gasteiger partial charge in [-0.15, -0.1) is 0 Å². The lowest BCUT2D eigenvalue weighted by molar-refractivity contribution is -0.139. The maximum Gasteiger partial charge on any atom is 0.325 e. The van der Waals surface area contributed by atoms with Crippen molar-refractivity contribution in [1.82, 2.24) is 20.4 Å². The molecule has 0 aromatic heterocycles. The highest BCUT2D eigenvalue weighted by Crippen LogP contribution is 2.36. The lowest BCUT2D eigenvalue weighted by atomic mass is 9.91. The standard InChI is InChI=1S/C20H24N4O6/c1-20(12-3-6-14-15(9-12)30-8-7-29-14)18(27)24(19(28)22-20)11-17(26)23(2)10-16(25)21-13-4-5-13/h3,6,9,13H,4-5,7-8,10-11H2,1-2H3,(H,21,25)(H,22,28)/t20-/m1/s1. The zero-order valence-electron chi connectivity index (χ0n) is 16.9. The van der Waals surface area contributed by atoms with Crippen LogP contribution in [0.2, 0.25) is 0 Å². The monoisotopic (exact) mass is 416 g/mol. The number of likely N-dealkylation sites (N-methyl/N-ethyl adjacent to an activating group) is 1. The number of amides is 5. The Morgan fingerprint density at radius 3 is 2.63 bits per heavy atom. The van der Waals surface area contributed by atoms with Crippen LogP contribution >= 0.6 is 0 Å². The first-order valence-electron chi connectivity index (χ1n) is 9.85. The van der Waals surface area contributed by atoms with Gasteiger partial charge >= 0.3 is 6.03 Å². The maximum atomic E-state index is 13.1. The molecule has 1 aliphatic carbocycles. The Labute approximate surface area is 173 Å². The number of imide groups is 1. The van der Waals surface area contributed by atoms with E-state index in [0.717, 1.165) is 17.7 Å². The minimum Gasteiger partial charge on any atom is -0.486 e. The fourth-order valence-electron chi connectivity index (χ4n) is 3.45. The van der Waals surface area contributed by atoms with E-state index in [0.29, 0.717) is 30.3 Å². The molecule has 4 rings (SSSR count). The van der Waals surface area contributed by atoms with E-state index in [1.165, 1.54) is 11.9 Å². The average Bonchev–Trinajstić information content (AvgIpc) is 3.50. The molecule has 2 N–H and O–H groups in total. The topological polar surface area (TPSA) is 117 Å². The van der Waals surface area contributed by atoms with E-state index in [9.17, 15) is 19.2 Å². The van der Waals surface area contributed by atoms with Gasteiger partial charge in [0.25, 0.3) is 5.91 Å². The predicted molar refractivity (Wildman–Crippen MR) is 104 cm³/mol. The molecule has 0 radical (unpaired) electrons. The molecule has 2 fully saturated rings. The van der Waals surface area contributed by atoms with E-state index >= 15 is 0 Å². The summed E-state index contributed by atoms with van der Waals surface area (Å²) in [5.74, 6) is -0.239. The molecule has 1 saturated heterocycles. The predicted octanol–water partition coefficient (Wildman–Crippen LogP) is -0.0382. The van der Waals surface area contributed by atoms with Gasteiger partial charge in [0.15, 0.2) is 11.5 Å². The lowest BCUT2D eigenvalue weighted by Gasteiger charge is -2.25. The molecule has 1 atom stereocenters. The minimum atomic E-state index is -1.34. The fraction of sp³-hybridized carbons (Fsp3) is 0.500. The zero-order valence-corrected chi connectivity index (χ0v) is 16.9. The first-order valence-corrected chi connectivity index (χ1v) is 9.85. The summed E-state index contributed by atoms with van der Waals surface area (Å²) in [4.78, 5) is 52.0. The Morgan fingerprint density at radius 1 is 1.23 bits per heavy atom. The van der Waals surface area contributed by atoms with Crippen molar-refractivity contribution in [2.24, 2.45) is 0 Å². The van der Waals surface area contributed by atoms with Crippen LogP contribution in [0.4, 0.5) is 4.79 Å². The maximum absolute atomic E-state index is 13.1. The summed E-state index contributed by atoms with van der Waals surface area (Å²) in [7, 11) is 1.47. The van der Waals surface area contributed by atoms with Crippen LogP contribution in [0.1, 0.15) is 25.3 Å². The van der Waals surface area contributed by atoms with Gasteiger partial charge in [0.2, 0.25) is 11.8 Å². The number of hydrogen-bond acceptors (Lipinski definition) is 6. The van der Waals surface area contributed by atoms with Crippen molar-refractivity contribution in [2.45, 2.75) is 31.3 Å². The lowest BCUT2D eigenvalue weighted by Crippen LogP contribution is -2.46. The van der Waals surface area contributed by atoms with Crippen LogP contribution in [-0.4, -0.2) is 72.9 Å². The second-order valence-electron chi connectivity index (χ2n) is 7.90. The number of nitrogens with one attached hydrogen (secondary N) is 2. The fourth-order valence-corrected chi connectivity index (χ4v) is 3.45. The smallest absolute Gasteiger partial charge is 0.325 e. The first-order chi connectivity index (χ1) is 14.3. The number of nitrogens with zero attached hydrogens (tertiary/aromatic N) is 2. The van der Waals surface area contributed by atoms with Gasteiger partial charge in [-0.2, -0.15) is 0 Å². The molecule has 1 saturated carbocycles. The SMILES string of the molecule is CN(CC(=O)NC1CC1)C(=O)CN1C(=O)N[C@](C)(c2ccc3c(c2)OCCO3)C1=O. The molecular weight excluding hydrogens is 392 g/mol. The molecule has 2 aliphatic heterocycles. The van der Waals surface area contributed by atoms with Gasteiger partial charge in [-0.3, -0.25) is 19.3 Å². The van der Waals surface area contributed by atoms with Gasteiger partial charge in [-0.25, -0.2) is 4.79 Å². The van der Waals surface area contributed by atoms with Crippen LogP contribution < -0.4 is 20.1 Å². The molecule has 1 aromatic rings. The third kappa shape index (κ3) is 3.77. The van der Waals surface area contributed by atoms with Crippen molar-refractivity contribution in [1.29, 1.82) is 0 Å². The average molecular weight is 416 g/mol. The van der Waals surface area contributed by atoms with E-state index in [2.05, 4.69) is 10.6 Å². The Kier molecular flexibility index (Phi) is 5.00. The number of benzene rings is 1. The van der Waals surface area contributed by atoms with Crippen LogP contribution in [0, 0.1) is 0 Å². The molecular formula is C20H24N4O6. The van der Waals surface area contributed by atoms with Crippen LogP contribution in [0.25, 0.3) is 0 Å². The minimum absolute atomic E-state index is 0.127. The number of hydrogen-bond donors (Lipinski definition) is 2. The van der Waals surface area contributed by atoms with Crippen LogP contribution in [-0.2, 0) is 19.9 Å². The summed E-state index contributed by atoms with van der Waals surface area (Å²) in [5, 5.41) is 5.46. The second-order valence-corrected chi connectivity index (χ2v) is 7.90. The molecule has 5 amide bonds. The largest absolute Gasteiger partial charge is 0.486 e. The third-order valence-electron chi connectivity index (χ3n) is 5.44. The van der Waals surface area contributed by atoms with Crippen molar-refractivity contribution in [3.05, 3.63) is 23.8 Å². The molecule has 30 heavy (non-hydrogen) atoms. The van der Waals surface area contributed by atoms with Crippen molar-refractivity contribution in [2.75, 3.05) is 33.4 Å². The molecule has 10 nitrogen and oxygen atoms in total. The summed E-state index contributed by atoms with van der Waals surface area (Å²) < 4.78 is 11.1. The second kappa shape index (κ2) is 7.51. The van der Waals surface area contributed by atoms with Gasteiger partial charge in [0.05, 0.1) is 6.54 Å². The summed E-state index contributed by atoms with van der Waals surface area (Å²) in [6.07, 6.45) is 1.90. The van der Waals surface area contributed by atoms with Crippen LogP contribution in [0.3, 0.4) is 0 Å². The quantitative estimate of drug-likeness (QED) is 0.629. The van der Waals surface area contributed by atoms with E-state index in [-0.39, 0.29) is 18.5 Å². The highest BCUT2D eigenvalue weighted by Gasteiger charge is 2.50. The molecule has 160 valence electrons. The van der Waals surface area contributed by atoms with Crippen molar-refractivity contribution in [3.8, 4) is 11.5 Å². The Balaban J connectivity index is 1.44. The van der Waals surface area contributed by atoms with Gasteiger partial charge in [0.1, 0.15) is 25.3 Å². The number of ether oxygens (including phenoxy) is 2.